The van der Waals surface area contributed by atoms with Crippen LogP contribution in [-0.4, -0.2) is 52.9 Å². The van der Waals surface area contributed by atoms with Crippen LogP contribution < -0.4 is 25.0 Å². The molecule has 0 radical (unpaired) electrons. The van der Waals surface area contributed by atoms with Gasteiger partial charge in [0.25, 0.3) is 0 Å². The van der Waals surface area contributed by atoms with Gasteiger partial charge in [0.15, 0.2) is 5.96 Å². The number of rotatable bonds is 8. The van der Waals surface area contributed by atoms with Gasteiger partial charge in [0.2, 0.25) is 0 Å². The minimum atomic E-state index is 0.368. The van der Waals surface area contributed by atoms with Crippen LogP contribution in [0, 0.1) is 0 Å². The zero-order valence-electron chi connectivity index (χ0n) is 17.6. The van der Waals surface area contributed by atoms with Gasteiger partial charge >= 0.3 is 0 Å². The molecule has 1 heterocycles. The second kappa shape index (κ2) is 10.6. The minimum absolute atomic E-state index is 0.368. The molecule has 1 atom stereocenters. The third-order valence-corrected chi connectivity index (χ3v) is 5.27. The topological polar surface area (TPSA) is 58.1 Å². The summed E-state index contributed by atoms with van der Waals surface area (Å²) in [5.41, 5.74) is 2.47. The molecule has 6 heteroatoms. The van der Waals surface area contributed by atoms with E-state index >= 15 is 0 Å². The summed E-state index contributed by atoms with van der Waals surface area (Å²) < 4.78 is 10.7. The SMILES string of the molecule is CN=C(NCCCc1ccc(OC)cc1)NC1CCN(c2ccccc2OC)C1. The second-order valence-electron chi connectivity index (χ2n) is 7.20. The Kier molecular flexibility index (Phi) is 7.61. The average Bonchev–Trinajstić information content (AvgIpc) is 3.24. The standard InChI is InChI=1S/C23H32N4O2/c1-24-23(25-15-6-7-18-10-12-20(28-2)13-11-18)26-19-14-16-27(17-19)21-8-4-5-9-22(21)29-3/h4-5,8-13,19H,6-7,14-17H2,1-3H3,(H2,24,25,26). The van der Waals surface area contributed by atoms with E-state index in [1.54, 1.807) is 14.2 Å². The lowest BCUT2D eigenvalue weighted by Crippen LogP contribution is -2.44. The summed E-state index contributed by atoms with van der Waals surface area (Å²) in [6.07, 6.45) is 3.15. The van der Waals surface area contributed by atoms with Crippen molar-refractivity contribution in [3.8, 4) is 11.5 Å². The molecule has 1 aliphatic heterocycles. The Morgan fingerprint density at radius 3 is 2.62 bits per heavy atom. The van der Waals surface area contributed by atoms with Crippen LogP contribution in [0.3, 0.4) is 0 Å². The molecule has 1 saturated heterocycles. The van der Waals surface area contributed by atoms with Crippen molar-refractivity contribution in [1.29, 1.82) is 0 Å². The first kappa shape index (κ1) is 20.8. The van der Waals surface area contributed by atoms with Crippen molar-refractivity contribution in [3.05, 3.63) is 54.1 Å². The number of para-hydroxylation sites is 2. The molecule has 1 fully saturated rings. The largest absolute Gasteiger partial charge is 0.497 e. The molecule has 0 bridgehead atoms. The number of ether oxygens (including phenoxy) is 2. The first-order valence-corrected chi connectivity index (χ1v) is 10.2. The number of hydrogen-bond donors (Lipinski definition) is 2. The summed E-state index contributed by atoms with van der Waals surface area (Å²) in [7, 11) is 5.24. The lowest BCUT2D eigenvalue weighted by molar-refractivity contribution is 0.414. The molecule has 6 nitrogen and oxygen atoms in total. The van der Waals surface area contributed by atoms with Crippen molar-refractivity contribution in [2.75, 3.05) is 45.8 Å². The van der Waals surface area contributed by atoms with Gasteiger partial charge in [0, 0.05) is 32.7 Å². The molecular weight excluding hydrogens is 364 g/mol. The van der Waals surface area contributed by atoms with Gasteiger partial charge < -0.3 is 25.0 Å². The molecule has 1 aliphatic rings. The van der Waals surface area contributed by atoms with Gasteiger partial charge in [-0.2, -0.15) is 0 Å². The van der Waals surface area contributed by atoms with E-state index in [9.17, 15) is 0 Å². The van der Waals surface area contributed by atoms with Crippen LogP contribution in [0.2, 0.25) is 0 Å². The van der Waals surface area contributed by atoms with Crippen molar-refractivity contribution < 1.29 is 9.47 Å². The van der Waals surface area contributed by atoms with E-state index in [2.05, 4.69) is 44.8 Å². The molecule has 2 aromatic rings. The molecule has 0 spiro atoms. The van der Waals surface area contributed by atoms with E-state index in [1.165, 1.54) is 5.56 Å². The molecule has 156 valence electrons. The number of benzene rings is 2. The van der Waals surface area contributed by atoms with Crippen molar-refractivity contribution in [2.24, 2.45) is 4.99 Å². The van der Waals surface area contributed by atoms with E-state index in [4.69, 9.17) is 9.47 Å². The third-order valence-electron chi connectivity index (χ3n) is 5.27. The van der Waals surface area contributed by atoms with Crippen LogP contribution in [0.25, 0.3) is 0 Å². The highest BCUT2D eigenvalue weighted by atomic mass is 16.5. The first-order valence-electron chi connectivity index (χ1n) is 10.2. The highest BCUT2D eigenvalue weighted by molar-refractivity contribution is 5.80. The Morgan fingerprint density at radius 1 is 1.10 bits per heavy atom. The van der Waals surface area contributed by atoms with Crippen LogP contribution in [0.1, 0.15) is 18.4 Å². The number of methoxy groups -OCH3 is 2. The Balaban J connectivity index is 1.42. The van der Waals surface area contributed by atoms with Gasteiger partial charge in [-0.15, -0.1) is 0 Å². The number of anilines is 1. The molecule has 29 heavy (non-hydrogen) atoms. The fourth-order valence-corrected chi connectivity index (χ4v) is 3.67. The molecule has 1 unspecified atom stereocenters. The molecular formula is C23H32N4O2. The van der Waals surface area contributed by atoms with E-state index < -0.39 is 0 Å². The zero-order chi connectivity index (χ0) is 20.5. The van der Waals surface area contributed by atoms with Crippen molar-refractivity contribution in [2.45, 2.75) is 25.3 Å². The Hall–Kier alpha value is -2.89. The van der Waals surface area contributed by atoms with Crippen LogP contribution in [0.5, 0.6) is 11.5 Å². The maximum Gasteiger partial charge on any atom is 0.191 e. The quantitative estimate of drug-likeness (QED) is 0.408. The number of aliphatic imine (C=N–C) groups is 1. The first-order chi connectivity index (χ1) is 14.2. The predicted molar refractivity (Wildman–Crippen MR) is 119 cm³/mol. The molecule has 0 aromatic heterocycles. The molecule has 2 aromatic carbocycles. The minimum Gasteiger partial charge on any atom is -0.497 e. The molecule has 3 rings (SSSR count). The van der Waals surface area contributed by atoms with Gasteiger partial charge in [-0.05, 0) is 49.1 Å². The van der Waals surface area contributed by atoms with Crippen molar-refractivity contribution in [1.82, 2.24) is 10.6 Å². The number of nitrogens with one attached hydrogen (secondary N) is 2. The smallest absolute Gasteiger partial charge is 0.191 e. The Morgan fingerprint density at radius 2 is 1.90 bits per heavy atom. The van der Waals surface area contributed by atoms with E-state index in [-0.39, 0.29) is 0 Å². The van der Waals surface area contributed by atoms with Gasteiger partial charge in [-0.1, -0.05) is 24.3 Å². The summed E-state index contributed by atoms with van der Waals surface area (Å²) in [5, 5.41) is 6.99. The summed E-state index contributed by atoms with van der Waals surface area (Å²) in [4.78, 5) is 6.75. The van der Waals surface area contributed by atoms with Gasteiger partial charge in [0.1, 0.15) is 11.5 Å². The molecule has 0 aliphatic carbocycles. The van der Waals surface area contributed by atoms with E-state index in [1.807, 2.05) is 31.3 Å². The second-order valence-corrected chi connectivity index (χ2v) is 7.20. The maximum absolute atomic E-state index is 5.50. The zero-order valence-corrected chi connectivity index (χ0v) is 17.6. The fourth-order valence-electron chi connectivity index (χ4n) is 3.67. The van der Waals surface area contributed by atoms with Gasteiger partial charge in [-0.3, -0.25) is 4.99 Å². The summed E-state index contributed by atoms with van der Waals surface area (Å²) >= 11 is 0. The van der Waals surface area contributed by atoms with E-state index in [0.717, 1.165) is 62.0 Å². The fraction of sp³-hybridized carbons (Fsp3) is 0.435. The predicted octanol–water partition coefficient (Wildman–Crippen LogP) is 3.08. The molecule has 0 amide bonds. The molecule has 2 N–H and O–H groups in total. The number of hydrogen-bond acceptors (Lipinski definition) is 4. The summed E-state index contributed by atoms with van der Waals surface area (Å²) in [6, 6.07) is 16.8. The monoisotopic (exact) mass is 396 g/mol. The third kappa shape index (κ3) is 5.79. The maximum atomic E-state index is 5.50. The lowest BCUT2D eigenvalue weighted by Gasteiger charge is -2.22. The Bertz CT molecular complexity index is 792. The number of aryl methyl sites for hydroxylation is 1. The van der Waals surface area contributed by atoms with Gasteiger partial charge in [0.05, 0.1) is 19.9 Å². The van der Waals surface area contributed by atoms with Crippen molar-refractivity contribution >= 4 is 11.6 Å². The highest BCUT2D eigenvalue weighted by Gasteiger charge is 2.25. The molecule has 0 saturated carbocycles. The number of guanidine groups is 1. The van der Waals surface area contributed by atoms with Crippen LogP contribution >= 0.6 is 0 Å². The average molecular weight is 397 g/mol. The normalized spacial score (nSPS) is 16.6. The summed E-state index contributed by atoms with van der Waals surface area (Å²) in [5.74, 6) is 2.69. The van der Waals surface area contributed by atoms with Gasteiger partial charge in [-0.25, -0.2) is 0 Å². The summed E-state index contributed by atoms with van der Waals surface area (Å²) in [6.45, 7) is 2.83. The van der Waals surface area contributed by atoms with E-state index in [0.29, 0.717) is 6.04 Å². The number of nitrogens with zero attached hydrogens (tertiary/aromatic N) is 2. The Labute approximate surface area is 173 Å². The highest BCUT2D eigenvalue weighted by Crippen LogP contribution is 2.30. The van der Waals surface area contributed by atoms with Crippen LogP contribution in [-0.2, 0) is 6.42 Å². The van der Waals surface area contributed by atoms with Crippen LogP contribution in [0.4, 0.5) is 5.69 Å². The van der Waals surface area contributed by atoms with Crippen molar-refractivity contribution in [3.63, 3.8) is 0 Å². The lowest BCUT2D eigenvalue weighted by atomic mass is 10.1. The van der Waals surface area contributed by atoms with Crippen LogP contribution in [0.15, 0.2) is 53.5 Å².